The highest BCUT2D eigenvalue weighted by Gasteiger charge is 2.32. The predicted octanol–water partition coefficient (Wildman–Crippen LogP) is 2.10. The van der Waals surface area contributed by atoms with Crippen LogP contribution >= 0.6 is 15.9 Å². The van der Waals surface area contributed by atoms with Gasteiger partial charge in [-0.3, -0.25) is 4.79 Å². The number of carbonyl (C=O) groups is 1. The van der Waals surface area contributed by atoms with Gasteiger partial charge in [-0.05, 0) is 54.8 Å². The van der Waals surface area contributed by atoms with Gasteiger partial charge in [0.05, 0.1) is 0 Å². The number of aryl methyl sites for hydroxylation is 2. The van der Waals surface area contributed by atoms with E-state index < -0.39 is 6.04 Å². The van der Waals surface area contributed by atoms with Crippen LogP contribution in [0, 0.1) is 13.8 Å². The summed E-state index contributed by atoms with van der Waals surface area (Å²) in [6.07, 6.45) is -0.257. The Labute approximate surface area is 155 Å². The highest BCUT2D eigenvalue weighted by atomic mass is 79.9. The van der Waals surface area contributed by atoms with Crippen molar-refractivity contribution in [2.45, 2.75) is 32.6 Å². The molecule has 132 valence electrons. The van der Waals surface area contributed by atoms with Crippen LogP contribution in [0.4, 0.5) is 5.69 Å². The Morgan fingerprint density at radius 1 is 1.08 bits per heavy atom. The van der Waals surface area contributed by atoms with Crippen molar-refractivity contribution in [2.75, 3.05) is 5.32 Å². The minimum Gasteiger partial charge on any atom is -0.367 e. The van der Waals surface area contributed by atoms with Crippen LogP contribution in [-0.4, -0.2) is 18.1 Å². The van der Waals surface area contributed by atoms with Crippen LogP contribution in [0.3, 0.4) is 0 Å². The molecule has 1 aliphatic rings. The van der Waals surface area contributed by atoms with E-state index in [1.54, 1.807) is 0 Å². The molecule has 0 aliphatic carbocycles. The van der Waals surface area contributed by atoms with Gasteiger partial charge < -0.3 is 10.6 Å². The van der Waals surface area contributed by atoms with Crippen molar-refractivity contribution in [3.8, 4) is 0 Å². The molecule has 3 rings (SSSR count). The summed E-state index contributed by atoms with van der Waals surface area (Å²) in [4.78, 5) is 12.5. The fraction of sp³-hybridized carbons (Fsp3) is 0.278. The molecule has 0 bridgehead atoms. The molecular formula is C18H22BrN5O. The van der Waals surface area contributed by atoms with E-state index in [0.717, 1.165) is 15.7 Å². The lowest BCUT2D eigenvalue weighted by Crippen LogP contribution is -2.50. The van der Waals surface area contributed by atoms with Gasteiger partial charge in [0.1, 0.15) is 12.2 Å². The normalized spacial score (nSPS) is 19.6. The molecule has 1 amide bonds. The fourth-order valence-electron chi connectivity index (χ4n) is 2.61. The summed E-state index contributed by atoms with van der Waals surface area (Å²) >= 11 is 3.41. The average Bonchev–Trinajstić information content (AvgIpc) is 3.05. The number of anilines is 1. The molecule has 0 radical (unpaired) electrons. The zero-order valence-corrected chi connectivity index (χ0v) is 15.8. The van der Waals surface area contributed by atoms with Crippen molar-refractivity contribution in [1.29, 1.82) is 0 Å². The third-order valence-electron chi connectivity index (χ3n) is 4.28. The summed E-state index contributed by atoms with van der Waals surface area (Å²) in [7, 11) is 0. The van der Waals surface area contributed by atoms with E-state index in [4.69, 9.17) is 0 Å². The quantitative estimate of drug-likeness (QED) is 0.528. The molecule has 2 aromatic carbocycles. The Morgan fingerprint density at radius 3 is 2.56 bits per heavy atom. The molecule has 6 nitrogen and oxygen atoms in total. The topological polar surface area (TPSA) is 77.2 Å². The van der Waals surface area contributed by atoms with Gasteiger partial charge in [0.25, 0.3) is 0 Å². The van der Waals surface area contributed by atoms with Crippen LogP contribution < -0.4 is 27.0 Å². The van der Waals surface area contributed by atoms with E-state index >= 15 is 0 Å². The van der Waals surface area contributed by atoms with Crippen molar-refractivity contribution < 1.29 is 4.79 Å². The van der Waals surface area contributed by atoms with Crippen molar-refractivity contribution in [3.05, 3.63) is 63.6 Å². The molecule has 2 unspecified atom stereocenters. The van der Waals surface area contributed by atoms with Gasteiger partial charge in [0.15, 0.2) is 0 Å². The number of hydrazine groups is 2. The number of halogens is 1. The van der Waals surface area contributed by atoms with E-state index in [9.17, 15) is 4.79 Å². The van der Waals surface area contributed by atoms with Crippen LogP contribution in [0.25, 0.3) is 0 Å². The van der Waals surface area contributed by atoms with Crippen LogP contribution in [0.15, 0.2) is 46.9 Å². The Morgan fingerprint density at radius 2 is 1.84 bits per heavy atom. The summed E-state index contributed by atoms with van der Waals surface area (Å²) in [6.45, 7) is 4.64. The second-order valence-electron chi connectivity index (χ2n) is 6.16. The molecule has 2 atom stereocenters. The summed E-state index contributed by atoms with van der Waals surface area (Å²) in [6, 6.07) is 13.6. The fourth-order valence-corrected chi connectivity index (χ4v) is 2.88. The van der Waals surface area contributed by atoms with Crippen LogP contribution in [0.5, 0.6) is 0 Å². The largest absolute Gasteiger partial charge is 0.367 e. The monoisotopic (exact) mass is 403 g/mol. The third-order valence-corrected chi connectivity index (χ3v) is 4.81. The van der Waals surface area contributed by atoms with Gasteiger partial charge in [0, 0.05) is 16.7 Å². The maximum absolute atomic E-state index is 12.5. The zero-order valence-electron chi connectivity index (χ0n) is 14.2. The Hall–Kier alpha value is -1.93. The number of rotatable bonds is 5. The van der Waals surface area contributed by atoms with Crippen molar-refractivity contribution >= 4 is 27.5 Å². The minimum atomic E-state index is -0.433. The molecule has 1 aliphatic heterocycles. The van der Waals surface area contributed by atoms with E-state index in [1.165, 1.54) is 11.1 Å². The van der Waals surface area contributed by atoms with Crippen molar-refractivity contribution in [2.24, 2.45) is 0 Å². The van der Waals surface area contributed by atoms with Crippen molar-refractivity contribution in [1.82, 2.24) is 21.7 Å². The van der Waals surface area contributed by atoms with E-state index in [-0.39, 0.29) is 12.1 Å². The first-order valence-corrected chi connectivity index (χ1v) is 8.94. The molecule has 0 spiro atoms. The molecule has 0 aromatic heterocycles. The molecule has 2 aromatic rings. The Balaban J connectivity index is 1.59. The first-order valence-electron chi connectivity index (χ1n) is 8.15. The highest BCUT2D eigenvalue weighted by molar-refractivity contribution is 9.10. The highest BCUT2D eigenvalue weighted by Crippen LogP contribution is 2.16. The molecule has 1 fully saturated rings. The molecule has 25 heavy (non-hydrogen) atoms. The first-order chi connectivity index (χ1) is 12.0. The molecule has 5 N–H and O–H groups in total. The average molecular weight is 404 g/mol. The van der Waals surface area contributed by atoms with Crippen LogP contribution in [0.2, 0.25) is 0 Å². The lowest BCUT2D eigenvalue weighted by molar-refractivity contribution is -0.123. The summed E-state index contributed by atoms with van der Waals surface area (Å²) in [5.41, 5.74) is 13.3. The molecule has 7 heteroatoms. The Bertz CT molecular complexity index is 750. The molecule has 1 heterocycles. The lowest BCUT2D eigenvalue weighted by Gasteiger charge is -2.20. The summed E-state index contributed by atoms with van der Waals surface area (Å²) < 4.78 is 1.02. The Kier molecular flexibility index (Phi) is 5.70. The van der Waals surface area contributed by atoms with Crippen molar-refractivity contribution in [3.63, 3.8) is 0 Å². The predicted molar refractivity (Wildman–Crippen MR) is 103 cm³/mol. The molecule has 0 saturated carbocycles. The number of hydrogen-bond acceptors (Lipinski definition) is 5. The second kappa shape index (κ2) is 7.97. The smallest absolute Gasteiger partial charge is 0.242 e. The van der Waals surface area contributed by atoms with E-state index in [0.29, 0.717) is 6.54 Å². The van der Waals surface area contributed by atoms with Crippen LogP contribution in [-0.2, 0) is 11.3 Å². The number of hydrogen-bond donors (Lipinski definition) is 5. The standard InChI is InChI=1S/C18H22BrN5O/c1-11-3-8-15(9-12(11)2)21-17-16(22-24-23-17)18(25)20-10-13-4-6-14(19)7-5-13/h3-9,16-17,21-24H,10H2,1-2H3,(H,20,25). The van der Waals surface area contributed by atoms with Crippen LogP contribution in [0.1, 0.15) is 16.7 Å². The van der Waals surface area contributed by atoms with Gasteiger partial charge in [-0.25, -0.2) is 10.9 Å². The second-order valence-corrected chi connectivity index (χ2v) is 7.07. The number of amides is 1. The molecular weight excluding hydrogens is 382 g/mol. The van der Waals surface area contributed by atoms with E-state index in [1.807, 2.05) is 30.3 Å². The number of carbonyl (C=O) groups excluding carboxylic acids is 1. The van der Waals surface area contributed by atoms with E-state index in [2.05, 4.69) is 68.9 Å². The number of nitrogens with one attached hydrogen (secondary N) is 5. The van der Waals surface area contributed by atoms with Gasteiger partial charge in [0.2, 0.25) is 5.91 Å². The maximum Gasteiger partial charge on any atom is 0.242 e. The molecule has 1 saturated heterocycles. The summed E-state index contributed by atoms with van der Waals surface area (Å²) in [5, 5.41) is 6.30. The minimum absolute atomic E-state index is 0.0817. The summed E-state index contributed by atoms with van der Waals surface area (Å²) in [5.74, 6) is -0.0817. The third kappa shape index (κ3) is 4.58. The lowest BCUT2D eigenvalue weighted by atomic mass is 10.1. The maximum atomic E-state index is 12.5. The first kappa shape index (κ1) is 17.9. The van der Waals surface area contributed by atoms with Gasteiger partial charge in [-0.1, -0.05) is 34.1 Å². The SMILES string of the molecule is Cc1ccc(NC2NNNC2C(=O)NCc2ccc(Br)cc2)cc1C. The number of benzene rings is 2. The zero-order chi connectivity index (χ0) is 17.8. The van der Waals surface area contributed by atoms with Gasteiger partial charge >= 0.3 is 0 Å². The van der Waals surface area contributed by atoms with Gasteiger partial charge in [-0.15, -0.1) is 0 Å². The van der Waals surface area contributed by atoms with Gasteiger partial charge in [-0.2, -0.15) is 5.53 Å².